The predicted octanol–water partition coefficient (Wildman–Crippen LogP) is 2.07. The Balaban J connectivity index is 1.73. The summed E-state index contributed by atoms with van der Waals surface area (Å²) in [7, 11) is 0. The molecule has 2 saturated carbocycles. The van der Waals surface area contributed by atoms with Crippen LogP contribution in [0.5, 0.6) is 0 Å². The van der Waals surface area contributed by atoms with Gasteiger partial charge in [-0.3, -0.25) is 0 Å². The fourth-order valence-electron chi connectivity index (χ4n) is 2.66. The highest BCUT2D eigenvalue weighted by atomic mass is 16.3. The van der Waals surface area contributed by atoms with Gasteiger partial charge in [0.1, 0.15) is 0 Å². The molecule has 2 aliphatic rings. The average Bonchev–Trinajstić information content (AvgIpc) is 3.02. The van der Waals surface area contributed by atoms with E-state index < -0.39 is 0 Å². The van der Waals surface area contributed by atoms with Crippen LogP contribution in [-0.4, -0.2) is 23.8 Å². The Kier molecular flexibility index (Phi) is 3.82. The average molecular weight is 197 g/mol. The van der Waals surface area contributed by atoms with Crippen molar-refractivity contribution in [2.75, 3.05) is 6.61 Å². The molecule has 0 amide bonds. The molecule has 0 aliphatic heterocycles. The van der Waals surface area contributed by atoms with Crippen molar-refractivity contribution in [3.63, 3.8) is 0 Å². The van der Waals surface area contributed by atoms with Gasteiger partial charge in [-0.15, -0.1) is 0 Å². The maximum Gasteiger partial charge on any atom is 0.0445 e. The maximum atomic E-state index is 9.00. The van der Waals surface area contributed by atoms with Crippen LogP contribution in [0.4, 0.5) is 0 Å². The standard InChI is InChI=1S/C12H23NO/c14-9-8-12(10-6-7-10)13-11-4-2-1-3-5-11/h10-14H,1-9H2. The third-order valence-electron chi connectivity index (χ3n) is 3.69. The van der Waals surface area contributed by atoms with Crippen molar-refractivity contribution in [3.8, 4) is 0 Å². The van der Waals surface area contributed by atoms with Crippen LogP contribution in [0.25, 0.3) is 0 Å². The molecule has 0 bridgehead atoms. The summed E-state index contributed by atoms with van der Waals surface area (Å²) in [6, 6.07) is 1.36. The van der Waals surface area contributed by atoms with Gasteiger partial charge in [-0.25, -0.2) is 0 Å². The minimum absolute atomic E-state index is 0.348. The van der Waals surface area contributed by atoms with Crippen LogP contribution in [0.15, 0.2) is 0 Å². The largest absolute Gasteiger partial charge is 0.396 e. The minimum atomic E-state index is 0.348. The van der Waals surface area contributed by atoms with E-state index in [0.717, 1.165) is 18.4 Å². The van der Waals surface area contributed by atoms with Crippen LogP contribution in [0.1, 0.15) is 51.4 Å². The molecule has 2 N–H and O–H groups in total. The van der Waals surface area contributed by atoms with Gasteiger partial charge in [0.2, 0.25) is 0 Å². The molecule has 0 spiro atoms. The molecule has 2 fully saturated rings. The van der Waals surface area contributed by atoms with E-state index in [9.17, 15) is 0 Å². The van der Waals surface area contributed by atoms with Crippen LogP contribution in [-0.2, 0) is 0 Å². The predicted molar refractivity (Wildman–Crippen MR) is 58.2 cm³/mol. The number of hydrogen-bond acceptors (Lipinski definition) is 2. The van der Waals surface area contributed by atoms with Gasteiger partial charge in [-0.05, 0) is 38.0 Å². The van der Waals surface area contributed by atoms with Crippen LogP contribution >= 0.6 is 0 Å². The van der Waals surface area contributed by atoms with E-state index in [1.807, 2.05) is 0 Å². The van der Waals surface area contributed by atoms with Gasteiger partial charge < -0.3 is 10.4 Å². The molecule has 82 valence electrons. The second-order valence-electron chi connectivity index (χ2n) is 4.96. The first-order valence-electron chi connectivity index (χ1n) is 6.27. The number of rotatable bonds is 5. The second-order valence-corrected chi connectivity index (χ2v) is 4.96. The zero-order valence-corrected chi connectivity index (χ0v) is 9.04. The molecule has 2 rings (SSSR count). The molecule has 2 nitrogen and oxygen atoms in total. The molecule has 2 aliphatic carbocycles. The van der Waals surface area contributed by atoms with Crippen molar-refractivity contribution < 1.29 is 5.11 Å². The first kappa shape index (κ1) is 10.4. The highest BCUT2D eigenvalue weighted by Gasteiger charge is 2.32. The molecule has 0 heterocycles. The van der Waals surface area contributed by atoms with Crippen molar-refractivity contribution in [1.82, 2.24) is 5.32 Å². The van der Waals surface area contributed by atoms with Crippen LogP contribution in [0.3, 0.4) is 0 Å². The first-order valence-corrected chi connectivity index (χ1v) is 6.27. The Bertz CT molecular complexity index is 162. The highest BCUT2D eigenvalue weighted by Crippen LogP contribution is 2.34. The fraction of sp³-hybridized carbons (Fsp3) is 1.00. The Labute approximate surface area is 87.1 Å². The number of aliphatic hydroxyl groups excluding tert-OH is 1. The summed E-state index contributed by atoms with van der Waals surface area (Å²) in [5.74, 6) is 0.879. The zero-order valence-electron chi connectivity index (χ0n) is 9.04. The van der Waals surface area contributed by atoms with E-state index >= 15 is 0 Å². The normalized spacial score (nSPS) is 26.4. The summed E-state index contributed by atoms with van der Waals surface area (Å²) < 4.78 is 0. The third-order valence-corrected chi connectivity index (χ3v) is 3.69. The lowest BCUT2D eigenvalue weighted by Gasteiger charge is -2.28. The zero-order chi connectivity index (χ0) is 9.80. The summed E-state index contributed by atoms with van der Waals surface area (Å²) in [4.78, 5) is 0. The molecular formula is C12H23NO. The van der Waals surface area contributed by atoms with E-state index in [1.165, 1.54) is 44.9 Å². The van der Waals surface area contributed by atoms with Gasteiger partial charge >= 0.3 is 0 Å². The monoisotopic (exact) mass is 197 g/mol. The van der Waals surface area contributed by atoms with Crippen molar-refractivity contribution in [2.45, 2.75) is 63.5 Å². The molecule has 1 unspecified atom stereocenters. The molecule has 2 heteroatoms. The summed E-state index contributed by atoms with van der Waals surface area (Å²) in [5, 5.41) is 12.8. The van der Waals surface area contributed by atoms with Crippen molar-refractivity contribution in [1.29, 1.82) is 0 Å². The van der Waals surface area contributed by atoms with E-state index in [0.29, 0.717) is 12.6 Å². The molecule has 0 aromatic heterocycles. The lowest BCUT2D eigenvalue weighted by atomic mass is 9.94. The number of aliphatic hydroxyl groups is 1. The van der Waals surface area contributed by atoms with Gasteiger partial charge in [0.05, 0.1) is 0 Å². The van der Waals surface area contributed by atoms with Gasteiger partial charge in [-0.1, -0.05) is 19.3 Å². The topological polar surface area (TPSA) is 32.3 Å². The SMILES string of the molecule is OCCC(NC1CCCCC1)C1CC1. The molecule has 14 heavy (non-hydrogen) atoms. The van der Waals surface area contributed by atoms with Gasteiger partial charge in [0.15, 0.2) is 0 Å². The van der Waals surface area contributed by atoms with Crippen molar-refractivity contribution in [3.05, 3.63) is 0 Å². The quantitative estimate of drug-likeness (QED) is 0.707. The maximum absolute atomic E-state index is 9.00. The Morgan fingerprint density at radius 3 is 2.36 bits per heavy atom. The Morgan fingerprint density at radius 2 is 1.79 bits per heavy atom. The van der Waals surface area contributed by atoms with Crippen LogP contribution in [0.2, 0.25) is 0 Å². The summed E-state index contributed by atoms with van der Waals surface area (Å²) in [6.45, 7) is 0.348. The lowest BCUT2D eigenvalue weighted by Crippen LogP contribution is -2.41. The smallest absolute Gasteiger partial charge is 0.0445 e. The van der Waals surface area contributed by atoms with Crippen molar-refractivity contribution in [2.24, 2.45) is 5.92 Å². The summed E-state index contributed by atoms with van der Waals surface area (Å²) in [6.07, 6.45) is 10.6. The lowest BCUT2D eigenvalue weighted by molar-refractivity contribution is 0.237. The summed E-state index contributed by atoms with van der Waals surface area (Å²) >= 11 is 0. The van der Waals surface area contributed by atoms with Crippen molar-refractivity contribution >= 4 is 0 Å². The molecule has 0 saturated heterocycles. The number of hydrogen-bond donors (Lipinski definition) is 2. The van der Waals surface area contributed by atoms with E-state index in [1.54, 1.807) is 0 Å². The van der Waals surface area contributed by atoms with E-state index in [4.69, 9.17) is 5.11 Å². The fourth-order valence-corrected chi connectivity index (χ4v) is 2.66. The van der Waals surface area contributed by atoms with Crippen LogP contribution < -0.4 is 5.32 Å². The van der Waals surface area contributed by atoms with E-state index in [2.05, 4.69) is 5.32 Å². The molecule has 0 aromatic rings. The van der Waals surface area contributed by atoms with E-state index in [-0.39, 0.29) is 0 Å². The minimum Gasteiger partial charge on any atom is -0.396 e. The Hall–Kier alpha value is -0.0800. The van der Waals surface area contributed by atoms with Gasteiger partial charge in [0.25, 0.3) is 0 Å². The van der Waals surface area contributed by atoms with Gasteiger partial charge in [0, 0.05) is 18.7 Å². The molecule has 0 radical (unpaired) electrons. The van der Waals surface area contributed by atoms with Crippen LogP contribution in [0, 0.1) is 5.92 Å². The molecule has 1 atom stereocenters. The second kappa shape index (κ2) is 5.13. The van der Waals surface area contributed by atoms with Gasteiger partial charge in [-0.2, -0.15) is 0 Å². The number of nitrogens with one attached hydrogen (secondary N) is 1. The highest BCUT2D eigenvalue weighted by molar-refractivity contribution is 4.88. The third kappa shape index (κ3) is 2.96. The first-order chi connectivity index (χ1) is 6.90. The molecular weight excluding hydrogens is 174 g/mol. The molecule has 0 aromatic carbocycles. The summed E-state index contributed by atoms with van der Waals surface area (Å²) in [5.41, 5.74) is 0. The Morgan fingerprint density at radius 1 is 1.07 bits per heavy atom.